The minimum atomic E-state index is -0.765. The number of nitrogens with zero attached hydrogens (tertiary/aromatic N) is 4. The zero-order chi connectivity index (χ0) is 25.4. The van der Waals surface area contributed by atoms with Crippen LogP contribution in [-0.4, -0.2) is 51.6 Å². The lowest BCUT2D eigenvalue weighted by molar-refractivity contribution is -0.144. The van der Waals surface area contributed by atoms with Crippen LogP contribution >= 0.6 is 0 Å². The van der Waals surface area contributed by atoms with Crippen molar-refractivity contribution in [3.63, 3.8) is 0 Å². The summed E-state index contributed by atoms with van der Waals surface area (Å²) in [7, 11) is 1.74. The number of aliphatic imine (C=N–C) groups is 1. The van der Waals surface area contributed by atoms with E-state index in [1.54, 1.807) is 23.9 Å². The quantitative estimate of drug-likeness (QED) is 0.256. The largest absolute Gasteiger partial charge is 0.495 e. The Morgan fingerprint density at radius 3 is 2.77 bits per heavy atom. The molecule has 2 aliphatic rings. The number of aliphatic carboxylic acids is 1. The monoisotopic (exact) mass is 487 g/mol. The van der Waals surface area contributed by atoms with Crippen LogP contribution in [0.2, 0.25) is 0 Å². The van der Waals surface area contributed by atoms with Crippen molar-refractivity contribution >= 4 is 24.5 Å². The fourth-order valence-corrected chi connectivity index (χ4v) is 4.55. The molecule has 2 atom stereocenters. The second-order valence-electron chi connectivity index (χ2n) is 9.62. The number of amides is 1. The second kappa shape index (κ2) is 12.0. The van der Waals surface area contributed by atoms with Crippen molar-refractivity contribution in [2.45, 2.75) is 77.9 Å². The third-order valence-electron chi connectivity index (χ3n) is 6.81. The third-order valence-corrected chi connectivity index (χ3v) is 6.81. The summed E-state index contributed by atoms with van der Waals surface area (Å²) in [6, 6.07) is 0. The molecule has 35 heavy (non-hydrogen) atoms. The predicted octanol–water partition coefficient (Wildman–Crippen LogP) is 4.23. The number of ether oxygens (including phenoxy) is 2. The molecule has 1 aromatic heterocycles. The van der Waals surface area contributed by atoms with Crippen LogP contribution in [0.15, 0.2) is 22.9 Å². The van der Waals surface area contributed by atoms with Gasteiger partial charge in [0.25, 0.3) is 0 Å². The number of aromatic nitrogens is 3. The number of carboxylic acids is 1. The molecule has 0 radical (unpaired) electrons. The molecule has 3 rings (SSSR count). The van der Waals surface area contributed by atoms with Crippen molar-refractivity contribution in [2.75, 3.05) is 6.61 Å². The summed E-state index contributed by atoms with van der Waals surface area (Å²) in [6.07, 6.45) is 10.2. The molecule has 0 unspecified atom stereocenters. The molecule has 192 valence electrons. The van der Waals surface area contributed by atoms with Gasteiger partial charge in [0, 0.05) is 12.5 Å². The Kier molecular flexibility index (Phi) is 9.06. The van der Waals surface area contributed by atoms with Gasteiger partial charge in [-0.25, -0.2) is 9.48 Å². The Morgan fingerprint density at radius 2 is 2.11 bits per heavy atom. The van der Waals surface area contributed by atoms with E-state index < -0.39 is 12.1 Å². The molecule has 10 heteroatoms. The lowest BCUT2D eigenvalue weighted by Gasteiger charge is -2.27. The Morgan fingerprint density at radius 1 is 1.34 bits per heavy atom. The highest BCUT2D eigenvalue weighted by atomic mass is 16.5. The van der Waals surface area contributed by atoms with Gasteiger partial charge >= 0.3 is 12.1 Å². The van der Waals surface area contributed by atoms with E-state index >= 15 is 0 Å². The summed E-state index contributed by atoms with van der Waals surface area (Å²) in [4.78, 5) is 27.6. The van der Waals surface area contributed by atoms with Crippen LogP contribution < -0.4 is 5.32 Å². The number of carbonyl (C=O) groups excluding carboxylic acids is 1. The molecule has 0 bridgehead atoms. The number of allylic oxidation sites excluding steroid dienone is 3. The number of rotatable bonds is 12. The zero-order valence-electron chi connectivity index (χ0n) is 21.0. The third kappa shape index (κ3) is 7.40. The van der Waals surface area contributed by atoms with Crippen molar-refractivity contribution in [3.8, 4) is 0 Å². The van der Waals surface area contributed by atoms with E-state index in [0.717, 1.165) is 38.5 Å². The maximum Gasteiger partial charge on any atom is 0.407 e. The summed E-state index contributed by atoms with van der Waals surface area (Å²) < 4.78 is 13.0. The first kappa shape index (κ1) is 26.4. The van der Waals surface area contributed by atoms with Gasteiger partial charge in [0.2, 0.25) is 0 Å². The van der Waals surface area contributed by atoms with E-state index in [-0.39, 0.29) is 24.0 Å². The molecule has 0 aliphatic heterocycles. The molecule has 0 aromatic carbocycles. The number of alkyl carbamates (subject to hydrolysis) is 1. The molecule has 0 spiro atoms. The van der Waals surface area contributed by atoms with Crippen LogP contribution in [0, 0.1) is 11.3 Å². The van der Waals surface area contributed by atoms with Crippen molar-refractivity contribution < 1.29 is 24.2 Å². The summed E-state index contributed by atoms with van der Waals surface area (Å²) in [5, 5.41) is 20.3. The number of carboxylic acid groups (broad SMARTS) is 1. The van der Waals surface area contributed by atoms with Gasteiger partial charge in [-0.2, -0.15) is 0 Å². The van der Waals surface area contributed by atoms with Gasteiger partial charge in [-0.3, -0.25) is 9.79 Å². The fraction of sp³-hybridized carbons (Fsp3) is 0.640. The fourth-order valence-electron chi connectivity index (χ4n) is 4.55. The Bertz CT molecular complexity index is 979. The predicted molar refractivity (Wildman–Crippen MR) is 132 cm³/mol. The zero-order valence-corrected chi connectivity index (χ0v) is 21.0. The van der Waals surface area contributed by atoms with Gasteiger partial charge in [-0.05, 0) is 70.7 Å². The van der Waals surface area contributed by atoms with E-state index in [4.69, 9.17) is 9.47 Å². The standard InChI is InChI=1S/C25H37N5O5/c1-5-11-25(12-13-25)16-34-24(33)27-15-21-22(28-29-30(21)4)20(26-3)10-9-17(2)35-19-8-6-7-18(14-19)23(31)32/h9-10,18-19H,3,5-8,11-16H2,1-2,4H3,(H,27,33)(H,31,32)/b17-9+,20-10-/t18-,19-/m0/s1. The SMILES string of the molecule is C=N/C(=C\C=C(/C)O[C@H]1CCC[C@H](C(=O)O)C1)c1nnn(C)c1CNC(=O)OCC1(CCC)CC1. The normalized spacial score (nSPS) is 21.8. The highest BCUT2D eigenvalue weighted by Crippen LogP contribution is 2.49. The van der Waals surface area contributed by atoms with Gasteiger partial charge in [0.05, 0.1) is 42.3 Å². The maximum atomic E-state index is 12.3. The number of hydrogen-bond donors (Lipinski definition) is 2. The summed E-state index contributed by atoms with van der Waals surface area (Å²) >= 11 is 0. The van der Waals surface area contributed by atoms with Gasteiger partial charge in [-0.1, -0.05) is 18.6 Å². The molecule has 0 saturated heterocycles. The molecule has 1 heterocycles. The summed E-state index contributed by atoms with van der Waals surface area (Å²) in [6.45, 7) is 8.24. The topological polar surface area (TPSA) is 128 Å². The van der Waals surface area contributed by atoms with Crippen molar-refractivity contribution in [3.05, 3.63) is 29.3 Å². The van der Waals surface area contributed by atoms with E-state index in [9.17, 15) is 14.7 Å². The minimum Gasteiger partial charge on any atom is -0.495 e. The van der Waals surface area contributed by atoms with Crippen molar-refractivity contribution in [1.82, 2.24) is 20.3 Å². The van der Waals surface area contributed by atoms with Crippen molar-refractivity contribution in [1.29, 1.82) is 0 Å². The molecule has 2 aliphatic carbocycles. The van der Waals surface area contributed by atoms with Crippen LogP contribution in [0.4, 0.5) is 4.79 Å². The molecule has 10 nitrogen and oxygen atoms in total. The van der Waals surface area contributed by atoms with Crippen LogP contribution in [0.3, 0.4) is 0 Å². The number of nitrogens with one attached hydrogen (secondary N) is 1. The lowest BCUT2D eigenvalue weighted by atomic mass is 9.87. The average molecular weight is 488 g/mol. The smallest absolute Gasteiger partial charge is 0.407 e. The lowest BCUT2D eigenvalue weighted by Crippen LogP contribution is -2.27. The van der Waals surface area contributed by atoms with E-state index in [0.29, 0.717) is 42.3 Å². The van der Waals surface area contributed by atoms with Gasteiger partial charge in [-0.15, -0.1) is 5.10 Å². The number of hydrogen-bond acceptors (Lipinski definition) is 7. The molecule has 2 N–H and O–H groups in total. The summed E-state index contributed by atoms with van der Waals surface area (Å²) in [5.41, 5.74) is 1.82. The first-order chi connectivity index (χ1) is 16.8. The number of carbonyl (C=O) groups is 2. The second-order valence-corrected chi connectivity index (χ2v) is 9.62. The molecule has 2 fully saturated rings. The van der Waals surface area contributed by atoms with Gasteiger partial charge in [0.15, 0.2) is 0 Å². The highest BCUT2D eigenvalue weighted by Gasteiger charge is 2.42. The van der Waals surface area contributed by atoms with Gasteiger partial charge in [0.1, 0.15) is 5.69 Å². The van der Waals surface area contributed by atoms with Crippen LogP contribution in [0.1, 0.15) is 76.6 Å². The molecular formula is C25H37N5O5. The Balaban J connectivity index is 1.59. The van der Waals surface area contributed by atoms with E-state index in [2.05, 4.69) is 34.3 Å². The first-order valence-corrected chi connectivity index (χ1v) is 12.3. The summed E-state index contributed by atoms with van der Waals surface area (Å²) in [5.74, 6) is -0.473. The molecule has 2 saturated carbocycles. The average Bonchev–Trinajstić information content (AvgIpc) is 3.51. The highest BCUT2D eigenvalue weighted by molar-refractivity contribution is 5.70. The maximum absolute atomic E-state index is 12.3. The van der Waals surface area contributed by atoms with Crippen LogP contribution in [-0.2, 0) is 27.9 Å². The van der Waals surface area contributed by atoms with Crippen molar-refractivity contribution in [2.24, 2.45) is 23.4 Å². The van der Waals surface area contributed by atoms with Crippen LogP contribution in [0.25, 0.3) is 5.70 Å². The van der Waals surface area contributed by atoms with E-state index in [1.165, 1.54) is 0 Å². The molecular weight excluding hydrogens is 450 g/mol. The Hall–Kier alpha value is -3.17. The van der Waals surface area contributed by atoms with Crippen LogP contribution in [0.5, 0.6) is 0 Å². The van der Waals surface area contributed by atoms with Gasteiger partial charge < -0.3 is 19.9 Å². The van der Waals surface area contributed by atoms with E-state index in [1.807, 2.05) is 6.92 Å². The molecule has 1 aromatic rings. The first-order valence-electron chi connectivity index (χ1n) is 12.3. The molecule has 1 amide bonds. The number of aryl methyl sites for hydroxylation is 1. The minimum absolute atomic E-state index is 0.121. The Labute approximate surface area is 206 Å².